The molecule has 0 aromatic heterocycles. The van der Waals surface area contributed by atoms with E-state index >= 15 is 0 Å². The van der Waals surface area contributed by atoms with Crippen LogP contribution in [0.2, 0.25) is 0 Å². The third kappa shape index (κ3) is 11.2. The zero-order chi connectivity index (χ0) is 34.6. The lowest BCUT2D eigenvalue weighted by molar-refractivity contribution is -0.100. The molecule has 49 heavy (non-hydrogen) atoms. The standard InChI is InChI=1S/C40H47NO8/c1-40(2,3)49-39(44)41-24-36(47-27-30-10-16-33(42)17-11-30)38(37(25-41)48-28-31-12-18-34(43)19-13-31)32-14-20-35(21-15-32)46-23-7-22-45-26-29-8-5-4-6-9-29/h4-6,8-21,36-38,42-43H,7,22-28H2,1-3H3. The van der Waals surface area contributed by atoms with Gasteiger partial charge >= 0.3 is 6.09 Å². The first-order valence-electron chi connectivity index (χ1n) is 16.7. The summed E-state index contributed by atoms with van der Waals surface area (Å²) in [6.07, 6.45) is -0.543. The fourth-order valence-electron chi connectivity index (χ4n) is 5.69. The van der Waals surface area contributed by atoms with Gasteiger partial charge in [-0.3, -0.25) is 0 Å². The fourth-order valence-corrected chi connectivity index (χ4v) is 5.69. The number of carbonyl (C=O) groups is 1. The Labute approximate surface area is 289 Å². The maximum Gasteiger partial charge on any atom is 0.410 e. The van der Waals surface area contributed by atoms with Gasteiger partial charge in [-0.15, -0.1) is 0 Å². The van der Waals surface area contributed by atoms with E-state index < -0.39 is 23.9 Å². The second-order valence-corrected chi connectivity index (χ2v) is 13.3. The number of aromatic hydroxyl groups is 2. The van der Waals surface area contributed by atoms with Crippen LogP contribution in [-0.4, -0.2) is 65.3 Å². The van der Waals surface area contributed by atoms with E-state index in [2.05, 4.69) is 0 Å². The van der Waals surface area contributed by atoms with Crippen LogP contribution in [0.1, 0.15) is 55.4 Å². The molecule has 4 aromatic carbocycles. The molecule has 9 nitrogen and oxygen atoms in total. The first-order chi connectivity index (χ1) is 23.6. The third-order valence-electron chi connectivity index (χ3n) is 8.13. The topological polar surface area (TPSA) is 107 Å². The molecule has 1 amide bonds. The molecule has 1 saturated heterocycles. The Balaban J connectivity index is 1.30. The summed E-state index contributed by atoms with van der Waals surface area (Å²) in [5.41, 5.74) is 3.26. The number of hydrogen-bond donors (Lipinski definition) is 2. The highest BCUT2D eigenvalue weighted by Crippen LogP contribution is 2.35. The predicted molar refractivity (Wildman–Crippen MR) is 187 cm³/mol. The van der Waals surface area contributed by atoms with Gasteiger partial charge in [0.2, 0.25) is 0 Å². The van der Waals surface area contributed by atoms with E-state index in [0.717, 1.165) is 34.4 Å². The SMILES string of the molecule is CC(C)(C)OC(=O)N1CC(OCc2ccc(O)cc2)C(c2ccc(OCCCOCc3ccccc3)cc2)C(OCc2ccc(O)cc2)C1. The summed E-state index contributed by atoms with van der Waals surface area (Å²) < 4.78 is 30.7. The lowest BCUT2D eigenvalue weighted by Crippen LogP contribution is -2.55. The Kier molecular flexibility index (Phi) is 12.5. The van der Waals surface area contributed by atoms with Gasteiger partial charge in [-0.2, -0.15) is 0 Å². The number of phenolic OH excluding ortho intramolecular Hbond substituents is 2. The van der Waals surface area contributed by atoms with Crippen LogP contribution in [0.5, 0.6) is 17.2 Å². The Morgan fingerprint density at radius 1 is 0.694 bits per heavy atom. The summed E-state index contributed by atoms with van der Waals surface area (Å²) in [4.78, 5) is 15.0. The van der Waals surface area contributed by atoms with E-state index in [1.807, 2.05) is 99.6 Å². The largest absolute Gasteiger partial charge is 0.508 e. The highest BCUT2D eigenvalue weighted by Gasteiger charge is 2.42. The van der Waals surface area contributed by atoms with Crippen molar-refractivity contribution in [2.45, 2.75) is 70.7 Å². The van der Waals surface area contributed by atoms with Crippen LogP contribution in [0.3, 0.4) is 0 Å². The predicted octanol–water partition coefficient (Wildman–Crippen LogP) is 7.59. The minimum atomic E-state index is -0.664. The number of carbonyl (C=O) groups excluding carboxylic acids is 1. The number of phenols is 2. The molecule has 2 unspecified atom stereocenters. The quantitative estimate of drug-likeness (QED) is 0.132. The van der Waals surface area contributed by atoms with Crippen molar-refractivity contribution in [3.8, 4) is 17.2 Å². The van der Waals surface area contributed by atoms with Crippen LogP contribution in [0.4, 0.5) is 4.79 Å². The average Bonchev–Trinajstić information content (AvgIpc) is 3.09. The minimum Gasteiger partial charge on any atom is -0.508 e. The molecule has 9 heteroatoms. The zero-order valence-corrected chi connectivity index (χ0v) is 28.5. The first kappa shape index (κ1) is 35.7. The number of likely N-dealkylation sites (tertiary alicyclic amines) is 1. The van der Waals surface area contributed by atoms with Gasteiger partial charge in [-0.25, -0.2) is 4.79 Å². The molecule has 1 aliphatic heterocycles. The van der Waals surface area contributed by atoms with Crippen molar-refractivity contribution in [1.82, 2.24) is 4.90 Å². The first-order valence-corrected chi connectivity index (χ1v) is 16.7. The van der Waals surface area contributed by atoms with Gasteiger partial charge < -0.3 is 38.8 Å². The number of benzene rings is 4. The van der Waals surface area contributed by atoms with Crippen LogP contribution >= 0.6 is 0 Å². The Hall–Kier alpha value is -4.57. The van der Waals surface area contributed by atoms with E-state index in [9.17, 15) is 15.0 Å². The van der Waals surface area contributed by atoms with Gasteiger partial charge in [0.1, 0.15) is 22.8 Å². The minimum absolute atomic E-state index is 0.181. The van der Waals surface area contributed by atoms with Gasteiger partial charge in [-0.05, 0) is 79.4 Å². The molecule has 4 aromatic rings. The lowest BCUT2D eigenvalue weighted by atomic mass is 9.84. The summed E-state index contributed by atoms with van der Waals surface area (Å²) >= 11 is 0. The second-order valence-electron chi connectivity index (χ2n) is 13.3. The number of ether oxygens (including phenoxy) is 5. The van der Waals surface area contributed by atoms with Crippen LogP contribution < -0.4 is 4.74 Å². The van der Waals surface area contributed by atoms with Gasteiger partial charge in [0, 0.05) is 12.3 Å². The molecule has 5 rings (SSSR count). The van der Waals surface area contributed by atoms with E-state index in [1.54, 1.807) is 29.2 Å². The van der Waals surface area contributed by atoms with Crippen LogP contribution in [0.25, 0.3) is 0 Å². The van der Waals surface area contributed by atoms with Crippen molar-refractivity contribution in [3.63, 3.8) is 0 Å². The van der Waals surface area contributed by atoms with Gasteiger partial charge in [0.05, 0.1) is 58.3 Å². The van der Waals surface area contributed by atoms with Crippen molar-refractivity contribution in [1.29, 1.82) is 0 Å². The van der Waals surface area contributed by atoms with Crippen molar-refractivity contribution in [2.75, 3.05) is 26.3 Å². The molecule has 0 bridgehead atoms. The van der Waals surface area contributed by atoms with E-state index in [0.29, 0.717) is 32.9 Å². The average molecular weight is 670 g/mol. The number of nitrogens with zero attached hydrogens (tertiary/aromatic N) is 1. The monoisotopic (exact) mass is 669 g/mol. The van der Waals surface area contributed by atoms with Crippen LogP contribution in [0.15, 0.2) is 103 Å². The van der Waals surface area contributed by atoms with Crippen molar-refractivity contribution in [2.24, 2.45) is 0 Å². The molecule has 0 radical (unpaired) electrons. The molecule has 0 saturated carbocycles. The third-order valence-corrected chi connectivity index (χ3v) is 8.13. The molecule has 260 valence electrons. The lowest BCUT2D eigenvalue weighted by Gasteiger charge is -2.43. The Morgan fingerprint density at radius 3 is 1.76 bits per heavy atom. The number of hydrogen-bond acceptors (Lipinski definition) is 8. The number of rotatable bonds is 14. The maximum atomic E-state index is 13.4. The molecule has 1 heterocycles. The summed E-state index contributed by atoms with van der Waals surface area (Å²) in [5.74, 6) is 0.884. The number of piperidine rings is 1. The summed E-state index contributed by atoms with van der Waals surface area (Å²) in [5, 5.41) is 19.5. The van der Waals surface area contributed by atoms with Gasteiger partial charge in [0.15, 0.2) is 0 Å². The molecular weight excluding hydrogens is 622 g/mol. The number of amides is 1. The van der Waals surface area contributed by atoms with E-state index in [1.165, 1.54) is 0 Å². The highest BCUT2D eigenvalue weighted by molar-refractivity contribution is 5.68. The summed E-state index contributed by atoms with van der Waals surface area (Å²) in [6.45, 7) is 8.40. The highest BCUT2D eigenvalue weighted by atomic mass is 16.6. The Bertz CT molecular complexity index is 1510. The van der Waals surface area contributed by atoms with Crippen molar-refractivity contribution in [3.05, 3.63) is 125 Å². The maximum absolute atomic E-state index is 13.4. The normalized spacial score (nSPS) is 17.9. The summed E-state index contributed by atoms with van der Waals surface area (Å²) in [7, 11) is 0. The Morgan fingerprint density at radius 2 is 1.22 bits per heavy atom. The molecular formula is C40H47NO8. The molecule has 1 fully saturated rings. The van der Waals surface area contributed by atoms with Gasteiger partial charge in [0.25, 0.3) is 0 Å². The molecule has 2 N–H and O–H groups in total. The summed E-state index contributed by atoms with van der Waals surface area (Å²) in [6, 6.07) is 31.8. The van der Waals surface area contributed by atoms with Crippen molar-refractivity contribution < 1.29 is 38.7 Å². The fraction of sp³-hybridized carbons (Fsp3) is 0.375. The van der Waals surface area contributed by atoms with E-state index in [-0.39, 0.29) is 30.6 Å². The molecule has 1 aliphatic rings. The second kappa shape index (κ2) is 17.2. The van der Waals surface area contributed by atoms with Crippen LogP contribution in [0, 0.1) is 0 Å². The van der Waals surface area contributed by atoms with Crippen LogP contribution in [-0.2, 0) is 38.8 Å². The smallest absolute Gasteiger partial charge is 0.410 e. The molecule has 0 aliphatic carbocycles. The van der Waals surface area contributed by atoms with Gasteiger partial charge in [-0.1, -0.05) is 66.7 Å². The molecule has 2 atom stereocenters. The van der Waals surface area contributed by atoms with E-state index in [4.69, 9.17) is 23.7 Å². The zero-order valence-electron chi connectivity index (χ0n) is 28.5. The molecule has 0 spiro atoms. The van der Waals surface area contributed by atoms with Crippen molar-refractivity contribution >= 4 is 6.09 Å².